The van der Waals surface area contributed by atoms with E-state index < -0.39 is 16.1 Å². The third-order valence-electron chi connectivity index (χ3n) is 7.54. The van der Waals surface area contributed by atoms with Crippen LogP contribution in [-0.4, -0.2) is 56.8 Å². The first-order chi connectivity index (χ1) is 20.5. The molecule has 0 unspecified atom stereocenters. The number of anilines is 1. The van der Waals surface area contributed by atoms with E-state index in [-0.39, 0.29) is 50.6 Å². The lowest BCUT2D eigenvalue weighted by Crippen LogP contribution is -2.52. The van der Waals surface area contributed by atoms with Crippen LogP contribution < -0.4 is 19.1 Å². The molecule has 10 heteroatoms. The van der Waals surface area contributed by atoms with E-state index in [2.05, 4.69) is 5.32 Å². The molecule has 2 amide bonds. The largest absolute Gasteiger partial charge is 0.454 e. The number of fused-ring (bicyclic) bond motifs is 1. The van der Waals surface area contributed by atoms with E-state index in [4.69, 9.17) is 9.47 Å². The minimum Gasteiger partial charge on any atom is -0.454 e. The number of rotatable bonds is 14. The number of benzene rings is 3. The molecule has 3 aromatic carbocycles. The second-order valence-electron chi connectivity index (χ2n) is 11.0. The first-order valence-electron chi connectivity index (χ1n) is 14.6. The van der Waals surface area contributed by atoms with Crippen molar-refractivity contribution in [1.82, 2.24) is 10.2 Å². The first-order valence-corrected chi connectivity index (χ1v) is 16.5. The van der Waals surface area contributed by atoms with Gasteiger partial charge in [-0.05, 0) is 49.9 Å². The Morgan fingerprint density at radius 3 is 2.33 bits per heavy atom. The van der Waals surface area contributed by atoms with Gasteiger partial charge in [0.05, 0.1) is 11.9 Å². The lowest BCUT2D eigenvalue weighted by molar-refractivity contribution is -0.141. The molecule has 0 saturated heterocycles. The van der Waals surface area contributed by atoms with Crippen molar-refractivity contribution in [1.29, 1.82) is 0 Å². The van der Waals surface area contributed by atoms with Crippen LogP contribution >= 0.6 is 0 Å². The highest BCUT2D eigenvalue weighted by atomic mass is 32.2. The van der Waals surface area contributed by atoms with Gasteiger partial charge in [-0.15, -0.1) is 0 Å². The Labute approximate surface area is 254 Å². The molecule has 4 rings (SSSR count). The molecular weight excluding hydrogens is 566 g/mol. The van der Waals surface area contributed by atoms with Crippen molar-refractivity contribution in [2.24, 2.45) is 0 Å². The summed E-state index contributed by atoms with van der Waals surface area (Å²) in [6, 6.07) is 21.7. The zero-order chi connectivity index (χ0) is 31.0. The fourth-order valence-electron chi connectivity index (χ4n) is 4.93. The maximum absolute atomic E-state index is 14.0. The van der Waals surface area contributed by atoms with Crippen LogP contribution in [0.4, 0.5) is 5.69 Å². The Morgan fingerprint density at radius 2 is 1.65 bits per heavy atom. The van der Waals surface area contributed by atoms with E-state index in [1.54, 1.807) is 23.1 Å². The predicted octanol–water partition coefficient (Wildman–Crippen LogP) is 4.82. The predicted molar refractivity (Wildman–Crippen MR) is 168 cm³/mol. The minimum absolute atomic E-state index is 0.0490. The second-order valence-corrected chi connectivity index (χ2v) is 12.9. The number of carbonyl (C=O) groups is 2. The summed E-state index contributed by atoms with van der Waals surface area (Å²) in [7, 11) is -3.65. The summed E-state index contributed by atoms with van der Waals surface area (Å²) in [6.45, 7) is 6.36. The van der Waals surface area contributed by atoms with Crippen molar-refractivity contribution in [3.63, 3.8) is 0 Å². The molecule has 1 aliphatic rings. The van der Waals surface area contributed by atoms with Crippen molar-refractivity contribution >= 4 is 27.5 Å². The maximum Gasteiger partial charge on any atom is 0.243 e. The highest BCUT2D eigenvalue weighted by Gasteiger charge is 2.31. The van der Waals surface area contributed by atoms with Gasteiger partial charge < -0.3 is 19.7 Å². The summed E-state index contributed by atoms with van der Waals surface area (Å²) in [6.07, 6.45) is 2.57. The van der Waals surface area contributed by atoms with E-state index in [0.717, 1.165) is 29.4 Å². The molecule has 9 nitrogen and oxygen atoms in total. The fourth-order valence-corrected chi connectivity index (χ4v) is 5.89. The van der Waals surface area contributed by atoms with Gasteiger partial charge in [0.1, 0.15) is 6.04 Å². The normalized spacial score (nSPS) is 13.7. The van der Waals surface area contributed by atoms with Crippen molar-refractivity contribution in [2.75, 3.05) is 23.9 Å². The molecule has 1 N–H and O–H groups in total. The third-order valence-corrected chi connectivity index (χ3v) is 8.74. The van der Waals surface area contributed by atoms with E-state index in [1.807, 2.05) is 75.4 Å². The SMILES string of the molecule is CC[C@@H](C)NC(=O)[C@@H](Cc1ccccc1)N(Cc1ccc(C)cc1)C(=O)CCCN(c1ccc2c(c1)OCO2)S(C)(=O)=O. The zero-order valence-electron chi connectivity index (χ0n) is 25.3. The number of aryl methyl sites for hydroxylation is 1. The summed E-state index contributed by atoms with van der Waals surface area (Å²) in [5, 5.41) is 3.07. The maximum atomic E-state index is 14.0. The number of carbonyl (C=O) groups excluding carboxylic acids is 2. The topological polar surface area (TPSA) is 105 Å². The molecule has 43 heavy (non-hydrogen) atoms. The van der Waals surface area contributed by atoms with Gasteiger partial charge in [-0.1, -0.05) is 67.1 Å². The number of nitrogens with one attached hydrogen (secondary N) is 1. The van der Waals surface area contributed by atoms with Crippen LogP contribution in [0.15, 0.2) is 72.8 Å². The quantitative estimate of drug-likeness (QED) is 0.282. The van der Waals surface area contributed by atoms with Gasteiger partial charge in [0.25, 0.3) is 0 Å². The van der Waals surface area contributed by atoms with Gasteiger partial charge >= 0.3 is 0 Å². The summed E-state index contributed by atoms with van der Waals surface area (Å²) in [4.78, 5) is 29.3. The van der Waals surface area contributed by atoms with Crippen LogP contribution in [0.3, 0.4) is 0 Å². The van der Waals surface area contributed by atoms with Crippen LogP contribution in [-0.2, 0) is 32.6 Å². The van der Waals surface area contributed by atoms with Crippen LogP contribution in [0.25, 0.3) is 0 Å². The lowest BCUT2D eigenvalue weighted by atomic mass is 10.0. The molecule has 0 spiro atoms. The Bertz CT molecular complexity index is 1490. The summed E-state index contributed by atoms with van der Waals surface area (Å²) < 4.78 is 37.5. The monoisotopic (exact) mass is 607 g/mol. The molecular formula is C33H41N3O6S. The molecule has 1 aliphatic heterocycles. The van der Waals surface area contributed by atoms with Crippen molar-refractivity contribution < 1.29 is 27.5 Å². The van der Waals surface area contributed by atoms with Gasteiger partial charge in [0.15, 0.2) is 11.5 Å². The van der Waals surface area contributed by atoms with Crippen molar-refractivity contribution in [2.45, 2.75) is 65.1 Å². The van der Waals surface area contributed by atoms with Crippen LogP contribution in [0.1, 0.15) is 49.8 Å². The molecule has 0 aromatic heterocycles. The molecule has 0 saturated carbocycles. The van der Waals surface area contributed by atoms with Crippen LogP contribution in [0, 0.1) is 6.92 Å². The van der Waals surface area contributed by atoms with Crippen LogP contribution in [0.2, 0.25) is 0 Å². The average Bonchev–Trinajstić information content (AvgIpc) is 3.46. The number of ether oxygens (including phenoxy) is 2. The van der Waals surface area contributed by atoms with Gasteiger partial charge in [-0.3, -0.25) is 13.9 Å². The molecule has 230 valence electrons. The van der Waals surface area contributed by atoms with Gasteiger partial charge in [0, 0.05) is 38.0 Å². The van der Waals surface area contributed by atoms with E-state index in [0.29, 0.717) is 23.6 Å². The molecule has 0 bridgehead atoms. The van der Waals surface area contributed by atoms with E-state index in [1.165, 1.54) is 4.31 Å². The van der Waals surface area contributed by atoms with Crippen molar-refractivity contribution in [3.8, 4) is 11.5 Å². The Morgan fingerprint density at radius 1 is 0.953 bits per heavy atom. The van der Waals surface area contributed by atoms with Gasteiger partial charge in [0.2, 0.25) is 28.6 Å². The summed E-state index contributed by atoms with van der Waals surface area (Å²) in [5.41, 5.74) is 3.39. The molecule has 3 aromatic rings. The first kappa shape index (κ1) is 31.9. The highest BCUT2D eigenvalue weighted by molar-refractivity contribution is 7.92. The Balaban J connectivity index is 1.58. The van der Waals surface area contributed by atoms with E-state index >= 15 is 0 Å². The number of sulfonamides is 1. The average molecular weight is 608 g/mol. The number of hydrogen-bond acceptors (Lipinski definition) is 6. The van der Waals surface area contributed by atoms with Crippen molar-refractivity contribution in [3.05, 3.63) is 89.5 Å². The van der Waals surface area contributed by atoms with Gasteiger partial charge in [-0.25, -0.2) is 8.42 Å². The molecule has 1 heterocycles. The third kappa shape index (κ3) is 8.73. The minimum atomic E-state index is -3.65. The molecule has 0 aliphatic carbocycles. The Kier molecular flexibility index (Phi) is 10.7. The highest BCUT2D eigenvalue weighted by Crippen LogP contribution is 2.36. The standard InChI is InChI=1S/C33H41N3O6S/c1-5-25(3)34-33(38)29(20-26-10-7-6-8-11-26)35(22-27-15-13-24(2)14-16-27)32(37)12-9-19-36(43(4,39)40)28-17-18-30-31(21-28)42-23-41-30/h6-8,10-11,13-18,21,25,29H,5,9,12,19-20,22-23H2,1-4H3,(H,34,38)/t25-,29-/m1/s1. The summed E-state index contributed by atoms with van der Waals surface area (Å²) >= 11 is 0. The fraction of sp³-hybridized carbons (Fsp3) is 0.394. The zero-order valence-corrected chi connectivity index (χ0v) is 26.1. The second kappa shape index (κ2) is 14.4. The molecule has 0 radical (unpaired) electrons. The number of hydrogen-bond donors (Lipinski definition) is 1. The van der Waals surface area contributed by atoms with Crippen LogP contribution in [0.5, 0.6) is 11.5 Å². The molecule has 0 fully saturated rings. The summed E-state index contributed by atoms with van der Waals surface area (Å²) in [5.74, 6) is 0.596. The Hall–Kier alpha value is -4.05. The lowest BCUT2D eigenvalue weighted by Gasteiger charge is -2.32. The number of amides is 2. The molecule has 2 atom stereocenters. The van der Waals surface area contributed by atoms with Gasteiger partial charge in [-0.2, -0.15) is 0 Å². The number of nitrogens with zero attached hydrogens (tertiary/aromatic N) is 2. The van der Waals surface area contributed by atoms with E-state index in [9.17, 15) is 18.0 Å². The smallest absolute Gasteiger partial charge is 0.243 e.